The second-order valence-electron chi connectivity index (χ2n) is 3.37. The Balaban J connectivity index is 2.57. The van der Waals surface area contributed by atoms with Gasteiger partial charge in [0, 0.05) is 6.42 Å². The van der Waals surface area contributed by atoms with E-state index in [-0.39, 0.29) is 4.92 Å². The molecule has 1 aliphatic rings. The Hall–Kier alpha value is -1.12. The van der Waals surface area contributed by atoms with E-state index in [0.717, 1.165) is 19.3 Å². The quantitative estimate of drug-likeness (QED) is 0.381. The number of hydrogen-bond acceptors (Lipinski definition) is 2. The fraction of sp³-hybridized carbons (Fsp3) is 0.600. The van der Waals surface area contributed by atoms with Crippen molar-refractivity contribution in [2.45, 2.75) is 32.6 Å². The highest BCUT2D eigenvalue weighted by molar-refractivity contribution is 5.02. The molecule has 0 heterocycles. The summed E-state index contributed by atoms with van der Waals surface area (Å²) < 4.78 is 0. The zero-order valence-corrected chi connectivity index (χ0v) is 7.90. The maximum absolute atomic E-state index is 10.5. The van der Waals surface area contributed by atoms with Gasteiger partial charge in [0.2, 0.25) is 5.70 Å². The molecule has 0 N–H and O–H groups in total. The lowest BCUT2D eigenvalue weighted by atomic mass is 9.91. The smallest absolute Gasteiger partial charge is 0.242 e. The van der Waals surface area contributed by atoms with Crippen molar-refractivity contribution in [1.82, 2.24) is 0 Å². The molecule has 0 saturated heterocycles. The topological polar surface area (TPSA) is 43.1 Å². The first-order valence-electron chi connectivity index (χ1n) is 4.70. The van der Waals surface area contributed by atoms with Gasteiger partial charge in [-0.15, -0.1) is 0 Å². The molecule has 3 nitrogen and oxygen atoms in total. The molecule has 0 radical (unpaired) electrons. The van der Waals surface area contributed by atoms with Gasteiger partial charge in [0.15, 0.2) is 0 Å². The summed E-state index contributed by atoms with van der Waals surface area (Å²) in [4.78, 5) is 10.2. The maximum Gasteiger partial charge on any atom is 0.242 e. The molecule has 0 aromatic carbocycles. The molecule has 3 heteroatoms. The Morgan fingerprint density at radius 3 is 3.15 bits per heavy atom. The van der Waals surface area contributed by atoms with E-state index in [1.807, 2.05) is 19.1 Å². The monoisotopic (exact) mass is 181 g/mol. The average Bonchev–Trinajstić information content (AvgIpc) is 2.15. The van der Waals surface area contributed by atoms with Crippen molar-refractivity contribution < 1.29 is 4.92 Å². The van der Waals surface area contributed by atoms with Crippen LogP contribution < -0.4 is 0 Å². The average molecular weight is 181 g/mol. The molecule has 13 heavy (non-hydrogen) atoms. The standard InChI is InChI=1S/C10H15NO2/c1-2-3-5-9-6-4-7-10(8-9)11(12)13/h2-3,8-9H,4-7H2,1H3. The third kappa shape index (κ3) is 3.01. The maximum atomic E-state index is 10.5. The Kier molecular flexibility index (Phi) is 3.68. The molecule has 0 aliphatic heterocycles. The molecule has 0 fully saturated rings. The zero-order valence-electron chi connectivity index (χ0n) is 7.90. The van der Waals surface area contributed by atoms with Gasteiger partial charge in [-0.3, -0.25) is 10.1 Å². The van der Waals surface area contributed by atoms with Gasteiger partial charge in [-0.25, -0.2) is 0 Å². The van der Waals surface area contributed by atoms with E-state index in [9.17, 15) is 10.1 Å². The van der Waals surface area contributed by atoms with E-state index in [1.54, 1.807) is 0 Å². The Bertz CT molecular complexity index is 243. The van der Waals surface area contributed by atoms with Crippen LogP contribution in [0.1, 0.15) is 32.6 Å². The summed E-state index contributed by atoms with van der Waals surface area (Å²) in [5.41, 5.74) is 0.403. The summed E-state index contributed by atoms with van der Waals surface area (Å²) in [5.74, 6) is 0.380. The normalized spacial score (nSPS) is 23.2. The van der Waals surface area contributed by atoms with Crippen molar-refractivity contribution in [3.63, 3.8) is 0 Å². The lowest BCUT2D eigenvalue weighted by Crippen LogP contribution is -2.09. The highest BCUT2D eigenvalue weighted by Gasteiger charge is 2.19. The van der Waals surface area contributed by atoms with Gasteiger partial charge in [0.25, 0.3) is 0 Å². The van der Waals surface area contributed by atoms with Crippen LogP contribution in [0.25, 0.3) is 0 Å². The number of nitrogens with zero attached hydrogens (tertiary/aromatic N) is 1. The number of allylic oxidation sites excluding steroid dienone is 4. The van der Waals surface area contributed by atoms with E-state index in [1.165, 1.54) is 0 Å². The van der Waals surface area contributed by atoms with E-state index >= 15 is 0 Å². The van der Waals surface area contributed by atoms with Crippen molar-refractivity contribution in [3.05, 3.63) is 34.0 Å². The predicted octanol–water partition coefficient (Wildman–Crippen LogP) is 2.91. The van der Waals surface area contributed by atoms with Crippen LogP contribution in [0, 0.1) is 16.0 Å². The minimum Gasteiger partial charge on any atom is -0.259 e. The van der Waals surface area contributed by atoms with Gasteiger partial charge in [0.05, 0.1) is 4.92 Å². The fourth-order valence-electron chi connectivity index (χ4n) is 1.63. The number of rotatable bonds is 3. The summed E-state index contributed by atoms with van der Waals surface area (Å²) in [6.07, 6.45) is 9.51. The molecule has 1 atom stereocenters. The van der Waals surface area contributed by atoms with Crippen LogP contribution in [-0.2, 0) is 0 Å². The van der Waals surface area contributed by atoms with Gasteiger partial charge in [0.1, 0.15) is 0 Å². The second-order valence-corrected chi connectivity index (χ2v) is 3.37. The summed E-state index contributed by atoms with van der Waals surface area (Å²) in [6.45, 7) is 1.97. The van der Waals surface area contributed by atoms with Gasteiger partial charge in [-0.05, 0) is 38.2 Å². The first kappa shape index (κ1) is 9.96. The van der Waals surface area contributed by atoms with Crippen LogP contribution in [0.15, 0.2) is 23.9 Å². The van der Waals surface area contributed by atoms with Crippen LogP contribution in [0.2, 0.25) is 0 Å². The van der Waals surface area contributed by atoms with Crippen LogP contribution >= 0.6 is 0 Å². The first-order chi connectivity index (χ1) is 6.24. The zero-order chi connectivity index (χ0) is 9.68. The number of hydrogen-bond donors (Lipinski definition) is 0. The van der Waals surface area contributed by atoms with E-state index in [2.05, 4.69) is 6.08 Å². The molecule has 0 amide bonds. The fourth-order valence-corrected chi connectivity index (χ4v) is 1.63. The molecule has 0 aromatic heterocycles. The van der Waals surface area contributed by atoms with Crippen LogP contribution in [0.4, 0.5) is 0 Å². The summed E-state index contributed by atoms with van der Waals surface area (Å²) in [6, 6.07) is 0. The highest BCUT2D eigenvalue weighted by Crippen LogP contribution is 2.25. The third-order valence-corrected chi connectivity index (χ3v) is 2.34. The lowest BCUT2D eigenvalue weighted by Gasteiger charge is -2.14. The van der Waals surface area contributed by atoms with Gasteiger partial charge >= 0.3 is 0 Å². The Labute approximate surface area is 78.3 Å². The van der Waals surface area contributed by atoms with Crippen molar-refractivity contribution in [2.75, 3.05) is 0 Å². The van der Waals surface area contributed by atoms with Gasteiger partial charge in [-0.2, -0.15) is 0 Å². The summed E-state index contributed by atoms with van der Waals surface area (Å²) in [5, 5.41) is 10.5. The van der Waals surface area contributed by atoms with Gasteiger partial charge in [-0.1, -0.05) is 12.2 Å². The van der Waals surface area contributed by atoms with Crippen molar-refractivity contribution in [2.24, 2.45) is 5.92 Å². The van der Waals surface area contributed by atoms with Crippen LogP contribution in [0.5, 0.6) is 0 Å². The van der Waals surface area contributed by atoms with Crippen LogP contribution in [-0.4, -0.2) is 4.92 Å². The molecule has 72 valence electrons. The van der Waals surface area contributed by atoms with E-state index in [4.69, 9.17) is 0 Å². The van der Waals surface area contributed by atoms with Crippen molar-refractivity contribution in [1.29, 1.82) is 0 Å². The lowest BCUT2D eigenvalue weighted by molar-refractivity contribution is -0.429. The van der Waals surface area contributed by atoms with Crippen molar-refractivity contribution in [3.8, 4) is 0 Å². The molecule has 1 aliphatic carbocycles. The highest BCUT2D eigenvalue weighted by atomic mass is 16.6. The molecule has 0 aromatic rings. The Morgan fingerprint density at radius 1 is 1.77 bits per heavy atom. The minimum atomic E-state index is -0.248. The molecule has 0 bridgehead atoms. The summed E-state index contributed by atoms with van der Waals surface area (Å²) >= 11 is 0. The number of nitro groups is 1. The molecular weight excluding hydrogens is 166 g/mol. The summed E-state index contributed by atoms with van der Waals surface area (Å²) in [7, 11) is 0. The minimum absolute atomic E-state index is 0.248. The van der Waals surface area contributed by atoms with E-state index < -0.39 is 0 Å². The van der Waals surface area contributed by atoms with E-state index in [0.29, 0.717) is 18.0 Å². The molecule has 1 rings (SSSR count). The molecular formula is C10H15NO2. The first-order valence-corrected chi connectivity index (χ1v) is 4.70. The predicted molar refractivity (Wildman–Crippen MR) is 51.8 cm³/mol. The molecule has 0 saturated carbocycles. The van der Waals surface area contributed by atoms with Crippen LogP contribution in [0.3, 0.4) is 0 Å². The SMILES string of the molecule is CC=CCC1C=C([N+](=O)[O-])CCC1. The largest absolute Gasteiger partial charge is 0.259 e. The molecule has 1 unspecified atom stereocenters. The van der Waals surface area contributed by atoms with Gasteiger partial charge < -0.3 is 0 Å². The third-order valence-electron chi connectivity index (χ3n) is 2.34. The van der Waals surface area contributed by atoms with Crippen molar-refractivity contribution >= 4 is 0 Å². The Morgan fingerprint density at radius 2 is 2.54 bits per heavy atom. The second kappa shape index (κ2) is 4.80. The molecule has 0 spiro atoms.